The van der Waals surface area contributed by atoms with Crippen LogP contribution in [-0.2, 0) is 24.3 Å². The Morgan fingerprint density at radius 1 is 1.38 bits per heavy atom. The first-order chi connectivity index (χ1) is 9.78. The van der Waals surface area contributed by atoms with Gasteiger partial charge in [-0.1, -0.05) is 6.42 Å². The van der Waals surface area contributed by atoms with Gasteiger partial charge < -0.3 is 10.0 Å². The third-order valence-electron chi connectivity index (χ3n) is 3.62. The molecule has 0 radical (unpaired) electrons. The lowest BCUT2D eigenvalue weighted by atomic mass is 10.1. The molecule has 0 spiro atoms. The van der Waals surface area contributed by atoms with Gasteiger partial charge in [-0.3, -0.25) is 9.36 Å². The predicted molar refractivity (Wildman–Crippen MR) is 78.0 cm³/mol. The van der Waals surface area contributed by atoms with Gasteiger partial charge >= 0.3 is 5.69 Å². The van der Waals surface area contributed by atoms with Crippen LogP contribution in [0, 0.1) is 0 Å². The molecule has 7 heteroatoms. The second-order valence-electron chi connectivity index (χ2n) is 6.38. The fourth-order valence-electron chi connectivity index (χ4n) is 2.65. The predicted octanol–water partition coefficient (Wildman–Crippen LogP) is 0.000500. The lowest BCUT2D eigenvalue weighted by Gasteiger charge is -2.25. The van der Waals surface area contributed by atoms with Crippen LogP contribution < -0.4 is 5.69 Å². The minimum atomic E-state index is -0.958. The van der Waals surface area contributed by atoms with Crippen LogP contribution in [0.4, 0.5) is 0 Å². The molecule has 0 fully saturated rings. The van der Waals surface area contributed by atoms with E-state index in [-0.39, 0.29) is 24.7 Å². The second-order valence-corrected chi connectivity index (χ2v) is 6.38. The molecule has 2 rings (SSSR count). The summed E-state index contributed by atoms with van der Waals surface area (Å²) in [4.78, 5) is 25.8. The van der Waals surface area contributed by atoms with E-state index in [0.717, 1.165) is 31.5 Å². The Bertz CT molecular complexity index is 568. The zero-order valence-corrected chi connectivity index (χ0v) is 13.0. The van der Waals surface area contributed by atoms with E-state index in [2.05, 4.69) is 5.10 Å². The van der Waals surface area contributed by atoms with Crippen LogP contribution in [0.3, 0.4) is 0 Å². The highest BCUT2D eigenvalue weighted by Gasteiger charge is 2.22. The van der Waals surface area contributed by atoms with Gasteiger partial charge in [0.1, 0.15) is 12.4 Å². The van der Waals surface area contributed by atoms with Crippen molar-refractivity contribution in [2.24, 2.45) is 0 Å². The number of aliphatic hydroxyl groups is 1. The summed E-state index contributed by atoms with van der Waals surface area (Å²) in [6, 6.07) is 0. The zero-order valence-electron chi connectivity index (χ0n) is 13.0. The van der Waals surface area contributed by atoms with Gasteiger partial charge in [0.15, 0.2) is 0 Å². The summed E-state index contributed by atoms with van der Waals surface area (Å²) in [5.41, 5.74) is -1.17. The minimum Gasteiger partial charge on any atom is -0.389 e. The fourth-order valence-corrected chi connectivity index (χ4v) is 2.65. The molecular weight excluding hydrogens is 272 g/mol. The van der Waals surface area contributed by atoms with Gasteiger partial charge in [0.05, 0.1) is 5.60 Å². The van der Waals surface area contributed by atoms with Gasteiger partial charge in [-0.15, -0.1) is 0 Å². The monoisotopic (exact) mass is 296 g/mol. The van der Waals surface area contributed by atoms with Crippen LogP contribution in [0.15, 0.2) is 4.79 Å². The molecule has 1 amide bonds. The van der Waals surface area contributed by atoms with Crippen molar-refractivity contribution in [3.8, 4) is 0 Å². The lowest BCUT2D eigenvalue weighted by molar-refractivity contribution is -0.133. The Kier molecular flexibility index (Phi) is 4.51. The Hall–Kier alpha value is -1.63. The number of hydrogen-bond donors (Lipinski definition) is 1. The number of amides is 1. The van der Waals surface area contributed by atoms with Crippen LogP contribution in [-0.4, -0.2) is 49.5 Å². The van der Waals surface area contributed by atoms with E-state index in [4.69, 9.17) is 0 Å². The SMILES string of the molecule is CN(CC(C)(C)O)C(=O)Cn1nc2n(c1=O)CCCCC2. The molecule has 2 heterocycles. The molecule has 1 N–H and O–H groups in total. The number of aromatic nitrogens is 3. The van der Waals surface area contributed by atoms with E-state index >= 15 is 0 Å². The van der Waals surface area contributed by atoms with Crippen molar-refractivity contribution in [2.75, 3.05) is 13.6 Å². The Balaban J connectivity index is 2.10. The van der Waals surface area contributed by atoms with Gasteiger partial charge in [-0.25, -0.2) is 9.48 Å². The number of rotatable bonds is 4. The van der Waals surface area contributed by atoms with Crippen molar-refractivity contribution in [3.63, 3.8) is 0 Å². The van der Waals surface area contributed by atoms with E-state index < -0.39 is 5.60 Å². The molecule has 0 bridgehead atoms. The summed E-state index contributed by atoms with van der Waals surface area (Å²) < 4.78 is 2.92. The van der Waals surface area contributed by atoms with E-state index in [0.29, 0.717) is 6.54 Å². The largest absolute Gasteiger partial charge is 0.389 e. The van der Waals surface area contributed by atoms with Crippen molar-refractivity contribution >= 4 is 5.91 Å². The molecule has 0 aliphatic carbocycles. The maximum atomic E-state index is 12.3. The first-order valence-corrected chi connectivity index (χ1v) is 7.41. The molecule has 0 saturated heterocycles. The van der Waals surface area contributed by atoms with Crippen molar-refractivity contribution < 1.29 is 9.90 Å². The van der Waals surface area contributed by atoms with Gasteiger partial charge in [0, 0.05) is 26.6 Å². The summed E-state index contributed by atoms with van der Waals surface area (Å²) in [6.45, 7) is 4.10. The van der Waals surface area contributed by atoms with Crippen LogP contribution in [0.2, 0.25) is 0 Å². The van der Waals surface area contributed by atoms with Crippen LogP contribution in [0.1, 0.15) is 38.9 Å². The average Bonchev–Trinajstić information content (AvgIpc) is 2.55. The van der Waals surface area contributed by atoms with Gasteiger partial charge in [0.2, 0.25) is 5.91 Å². The third kappa shape index (κ3) is 3.93. The first kappa shape index (κ1) is 15.8. The van der Waals surface area contributed by atoms with Crippen LogP contribution >= 0.6 is 0 Å². The minimum absolute atomic E-state index is 0.0780. The molecule has 118 valence electrons. The summed E-state index contributed by atoms with van der Waals surface area (Å²) in [7, 11) is 1.62. The number of carbonyl (C=O) groups excluding carboxylic acids is 1. The maximum absolute atomic E-state index is 12.3. The molecule has 0 aromatic carbocycles. The molecule has 1 aliphatic rings. The number of likely N-dealkylation sites (N-methyl/N-ethyl adjacent to an activating group) is 1. The molecule has 0 atom stereocenters. The van der Waals surface area contributed by atoms with Crippen LogP contribution in [0.5, 0.6) is 0 Å². The first-order valence-electron chi connectivity index (χ1n) is 7.41. The normalized spacial score (nSPS) is 15.4. The number of nitrogens with zero attached hydrogens (tertiary/aromatic N) is 4. The highest BCUT2D eigenvalue weighted by Crippen LogP contribution is 2.10. The highest BCUT2D eigenvalue weighted by atomic mass is 16.3. The number of hydrogen-bond acceptors (Lipinski definition) is 4. The molecule has 0 unspecified atom stereocenters. The molecule has 1 aliphatic heterocycles. The van der Waals surface area contributed by atoms with E-state index in [1.54, 1.807) is 25.5 Å². The van der Waals surface area contributed by atoms with Crippen LogP contribution in [0.25, 0.3) is 0 Å². The maximum Gasteiger partial charge on any atom is 0.346 e. The molecule has 1 aromatic heterocycles. The van der Waals surface area contributed by atoms with Crippen molar-refractivity contribution in [1.82, 2.24) is 19.2 Å². The Morgan fingerprint density at radius 2 is 2.10 bits per heavy atom. The molecule has 1 aromatic rings. The quantitative estimate of drug-likeness (QED) is 0.848. The summed E-state index contributed by atoms with van der Waals surface area (Å²) >= 11 is 0. The topological polar surface area (TPSA) is 80.4 Å². The van der Waals surface area contributed by atoms with Gasteiger partial charge in [-0.2, -0.15) is 5.10 Å². The summed E-state index contributed by atoms with van der Waals surface area (Å²) in [6.07, 6.45) is 3.90. The third-order valence-corrected chi connectivity index (χ3v) is 3.62. The number of fused-ring (bicyclic) bond motifs is 1. The average molecular weight is 296 g/mol. The van der Waals surface area contributed by atoms with Crippen molar-refractivity contribution in [3.05, 3.63) is 16.3 Å². The summed E-state index contributed by atoms with van der Waals surface area (Å²) in [5.74, 6) is 0.544. The van der Waals surface area contributed by atoms with Crippen molar-refractivity contribution in [2.45, 2.75) is 58.2 Å². The number of carbonyl (C=O) groups is 1. The Morgan fingerprint density at radius 3 is 2.76 bits per heavy atom. The molecule has 0 saturated carbocycles. The smallest absolute Gasteiger partial charge is 0.346 e. The zero-order chi connectivity index (χ0) is 15.6. The highest BCUT2D eigenvalue weighted by molar-refractivity contribution is 5.75. The molecule has 21 heavy (non-hydrogen) atoms. The molecule has 7 nitrogen and oxygen atoms in total. The second kappa shape index (κ2) is 6.01. The lowest BCUT2D eigenvalue weighted by Crippen LogP contribution is -2.42. The van der Waals surface area contributed by atoms with E-state index in [1.165, 1.54) is 9.58 Å². The van der Waals surface area contributed by atoms with Crippen molar-refractivity contribution in [1.29, 1.82) is 0 Å². The molecular formula is C14H24N4O3. The van der Waals surface area contributed by atoms with E-state index in [1.807, 2.05) is 0 Å². The number of aryl methyl sites for hydroxylation is 1. The Labute approximate surface area is 124 Å². The fraction of sp³-hybridized carbons (Fsp3) is 0.786. The summed E-state index contributed by atoms with van der Waals surface area (Å²) in [5, 5.41) is 14.0. The standard InChI is InChI=1S/C14H24N4O3/c1-14(2,21)10-16(3)12(19)9-18-13(20)17-8-6-4-5-7-11(17)15-18/h21H,4-10H2,1-3H3. The van der Waals surface area contributed by atoms with Gasteiger partial charge in [-0.05, 0) is 26.7 Å². The van der Waals surface area contributed by atoms with E-state index in [9.17, 15) is 14.7 Å². The van der Waals surface area contributed by atoms with Gasteiger partial charge in [0.25, 0.3) is 0 Å².